The molecule has 2 aromatic rings. The van der Waals surface area contributed by atoms with E-state index in [2.05, 4.69) is 5.32 Å². The van der Waals surface area contributed by atoms with E-state index in [1.54, 1.807) is 6.92 Å². The maximum Gasteiger partial charge on any atom is 0.271 e. The average molecular weight is 407 g/mol. The van der Waals surface area contributed by atoms with E-state index in [-0.39, 0.29) is 51.4 Å². The number of anilines is 1. The maximum absolute atomic E-state index is 14.1. The number of ketones is 1. The Kier molecular flexibility index (Phi) is 5.33. The summed E-state index contributed by atoms with van der Waals surface area (Å²) in [6, 6.07) is 6.16. The van der Waals surface area contributed by atoms with Gasteiger partial charge in [0.25, 0.3) is 11.6 Å². The third-order valence-electron chi connectivity index (χ3n) is 4.51. The fourth-order valence-electron chi connectivity index (χ4n) is 3.12. The number of nitro groups is 1. The van der Waals surface area contributed by atoms with Gasteiger partial charge in [-0.2, -0.15) is 0 Å². The Morgan fingerprint density at radius 1 is 1.39 bits per heavy atom. The van der Waals surface area contributed by atoms with Crippen LogP contribution in [0.2, 0.25) is 5.02 Å². The number of nitro benzene ring substituents is 1. The molecule has 9 heteroatoms. The number of hydrogen-bond acceptors (Lipinski definition) is 5. The number of hydrogen-bond donors (Lipinski definition) is 1. The predicted molar refractivity (Wildman–Crippen MR) is 101 cm³/mol. The number of nitrogens with zero attached hydrogens (tertiary/aromatic N) is 1. The normalized spacial score (nSPS) is 16.4. The molecule has 146 valence electrons. The molecule has 0 spiro atoms. The Balaban J connectivity index is 1.81. The first-order chi connectivity index (χ1) is 13.2. The summed E-state index contributed by atoms with van der Waals surface area (Å²) >= 11 is 5.97. The molecule has 1 aliphatic carbocycles. The van der Waals surface area contributed by atoms with Crippen LogP contribution >= 0.6 is 11.6 Å². The lowest BCUT2D eigenvalue weighted by Gasteiger charge is -2.17. The molecule has 0 aromatic heterocycles. The standard InChI is InChI=1S/C19H16ClFN2O5/c1-9-7-15(24)18-16(6-5-13(21)17(9)18)28-10(2)19(25)22-14-8-11(23(26)27)3-4-12(14)20/h3-6,8-10H,7H2,1-2H3,(H,22,25)/t9-,10+/m0/s1. The van der Waals surface area contributed by atoms with Crippen molar-refractivity contribution in [2.75, 3.05) is 5.32 Å². The van der Waals surface area contributed by atoms with Gasteiger partial charge in [0.05, 0.1) is 21.2 Å². The molecule has 0 fully saturated rings. The quantitative estimate of drug-likeness (QED) is 0.583. The Hall–Kier alpha value is -3.00. The van der Waals surface area contributed by atoms with Gasteiger partial charge in [0, 0.05) is 24.1 Å². The van der Waals surface area contributed by atoms with Crippen molar-refractivity contribution in [2.24, 2.45) is 0 Å². The number of fused-ring (bicyclic) bond motifs is 1. The second-order valence-electron chi connectivity index (χ2n) is 6.53. The lowest BCUT2D eigenvalue weighted by Crippen LogP contribution is -2.30. The highest BCUT2D eigenvalue weighted by molar-refractivity contribution is 6.33. The minimum Gasteiger partial charge on any atom is -0.480 e. The van der Waals surface area contributed by atoms with Gasteiger partial charge in [-0.3, -0.25) is 19.7 Å². The summed E-state index contributed by atoms with van der Waals surface area (Å²) < 4.78 is 19.7. The molecule has 2 atom stereocenters. The van der Waals surface area contributed by atoms with Crippen LogP contribution in [-0.2, 0) is 4.79 Å². The molecule has 3 rings (SSSR count). The molecule has 0 saturated carbocycles. The van der Waals surface area contributed by atoms with Crippen molar-refractivity contribution >= 4 is 34.7 Å². The van der Waals surface area contributed by atoms with Crippen LogP contribution in [-0.4, -0.2) is 22.7 Å². The number of benzene rings is 2. The van der Waals surface area contributed by atoms with Gasteiger partial charge in [-0.05, 0) is 31.0 Å². The van der Waals surface area contributed by atoms with Crippen molar-refractivity contribution in [2.45, 2.75) is 32.3 Å². The summed E-state index contributed by atoms with van der Waals surface area (Å²) in [6.07, 6.45) is -0.884. The van der Waals surface area contributed by atoms with E-state index in [4.69, 9.17) is 16.3 Å². The van der Waals surface area contributed by atoms with E-state index >= 15 is 0 Å². The monoisotopic (exact) mass is 406 g/mol. The number of halogens is 2. The zero-order chi connectivity index (χ0) is 20.6. The minimum atomic E-state index is -1.06. The van der Waals surface area contributed by atoms with Crippen molar-refractivity contribution in [3.63, 3.8) is 0 Å². The summed E-state index contributed by atoms with van der Waals surface area (Å²) in [5, 5.41) is 13.5. The van der Waals surface area contributed by atoms with Crippen molar-refractivity contribution in [1.29, 1.82) is 0 Å². The van der Waals surface area contributed by atoms with Crippen molar-refractivity contribution in [1.82, 2.24) is 0 Å². The van der Waals surface area contributed by atoms with Crippen LogP contribution in [0.5, 0.6) is 5.75 Å². The Labute approximate surface area is 164 Å². The molecular weight excluding hydrogens is 391 g/mol. The number of rotatable bonds is 5. The first-order valence-electron chi connectivity index (χ1n) is 8.46. The molecule has 0 bridgehead atoms. The van der Waals surface area contributed by atoms with Crippen molar-refractivity contribution in [3.05, 3.63) is 62.4 Å². The van der Waals surface area contributed by atoms with Crippen LogP contribution in [0.15, 0.2) is 30.3 Å². The summed E-state index contributed by atoms with van der Waals surface area (Å²) in [5.74, 6) is -1.50. The van der Waals surface area contributed by atoms with E-state index in [9.17, 15) is 24.1 Å². The second kappa shape index (κ2) is 7.55. The van der Waals surface area contributed by atoms with Crippen LogP contribution < -0.4 is 10.1 Å². The Morgan fingerprint density at radius 2 is 2.11 bits per heavy atom. The van der Waals surface area contributed by atoms with Gasteiger partial charge in [0.15, 0.2) is 11.9 Å². The van der Waals surface area contributed by atoms with Gasteiger partial charge in [0.1, 0.15) is 11.6 Å². The molecule has 0 saturated heterocycles. The molecule has 0 radical (unpaired) electrons. The molecule has 1 amide bonds. The molecule has 0 heterocycles. The fourth-order valence-corrected chi connectivity index (χ4v) is 3.29. The number of Topliss-reactive ketones (excluding diaryl/α,β-unsaturated/α-hetero) is 1. The van der Waals surface area contributed by atoms with Gasteiger partial charge < -0.3 is 10.1 Å². The van der Waals surface area contributed by atoms with E-state index in [0.29, 0.717) is 0 Å². The molecule has 7 nitrogen and oxygen atoms in total. The van der Waals surface area contributed by atoms with E-state index in [1.165, 1.54) is 31.2 Å². The SMILES string of the molecule is C[C@@H](Oc1ccc(F)c2c1C(=O)C[C@@H]2C)C(=O)Nc1cc([N+](=O)[O-])ccc1Cl. The molecule has 1 aliphatic rings. The van der Waals surface area contributed by atoms with Gasteiger partial charge in [-0.25, -0.2) is 4.39 Å². The number of ether oxygens (including phenoxy) is 1. The van der Waals surface area contributed by atoms with Gasteiger partial charge in [0.2, 0.25) is 0 Å². The molecule has 0 aliphatic heterocycles. The summed E-state index contributed by atoms with van der Waals surface area (Å²) in [6.45, 7) is 3.19. The summed E-state index contributed by atoms with van der Waals surface area (Å²) in [5.41, 5.74) is 0.270. The third-order valence-corrected chi connectivity index (χ3v) is 4.84. The number of nitrogens with one attached hydrogen (secondary N) is 1. The molecule has 0 unspecified atom stereocenters. The third kappa shape index (κ3) is 3.68. The van der Waals surface area contributed by atoms with E-state index in [1.807, 2.05) is 0 Å². The lowest BCUT2D eigenvalue weighted by atomic mass is 10.0. The summed E-state index contributed by atoms with van der Waals surface area (Å²) in [7, 11) is 0. The van der Waals surface area contributed by atoms with Crippen molar-refractivity contribution in [3.8, 4) is 5.75 Å². The van der Waals surface area contributed by atoms with E-state index in [0.717, 1.165) is 6.07 Å². The van der Waals surface area contributed by atoms with Crippen LogP contribution in [0.4, 0.5) is 15.8 Å². The summed E-state index contributed by atoms with van der Waals surface area (Å²) in [4.78, 5) is 34.9. The van der Waals surface area contributed by atoms with Crippen LogP contribution in [0.25, 0.3) is 0 Å². The predicted octanol–water partition coefficient (Wildman–Crippen LogP) is 4.48. The highest BCUT2D eigenvalue weighted by Crippen LogP contribution is 2.40. The fraction of sp³-hybridized carbons (Fsp3) is 0.263. The Bertz CT molecular complexity index is 995. The highest BCUT2D eigenvalue weighted by Gasteiger charge is 2.33. The maximum atomic E-state index is 14.1. The zero-order valence-corrected chi connectivity index (χ0v) is 15.7. The van der Waals surface area contributed by atoms with Gasteiger partial charge in [-0.1, -0.05) is 18.5 Å². The highest BCUT2D eigenvalue weighted by atomic mass is 35.5. The average Bonchev–Trinajstić information content (AvgIpc) is 2.94. The number of carbonyl (C=O) groups is 2. The first-order valence-corrected chi connectivity index (χ1v) is 8.84. The van der Waals surface area contributed by atoms with Crippen molar-refractivity contribution < 1.29 is 23.6 Å². The number of carbonyl (C=O) groups excluding carboxylic acids is 2. The Morgan fingerprint density at radius 3 is 2.79 bits per heavy atom. The zero-order valence-electron chi connectivity index (χ0n) is 15.0. The number of non-ortho nitro benzene ring substituents is 1. The van der Waals surface area contributed by atoms with Crippen LogP contribution in [0.1, 0.15) is 42.1 Å². The minimum absolute atomic E-state index is 0.0605. The largest absolute Gasteiger partial charge is 0.480 e. The molecule has 28 heavy (non-hydrogen) atoms. The first kappa shape index (κ1) is 19.8. The van der Waals surface area contributed by atoms with Gasteiger partial charge >= 0.3 is 0 Å². The molecule has 1 N–H and O–H groups in total. The van der Waals surface area contributed by atoms with E-state index < -0.39 is 22.8 Å². The number of amides is 1. The van der Waals surface area contributed by atoms with Crippen LogP contribution in [0.3, 0.4) is 0 Å². The topological polar surface area (TPSA) is 98.5 Å². The van der Waals surface area contributed by atoms with Crippen LogP contribution in [0, 0.1) is 15.9 Å². The smallest absolute Gasteiger partial charge is 0.271 e. The second-order valence-corrected chi connectivity index (χ2v) is 6.94. The molecular formula is C19H16ClFN2O5. The lowest BCUT2D eigenvalue weighted by molar-refractivity contribution is -0.384. The van der Waals surface area contributed by atoms with Gasteiger partial charge in [-0.15, -0.1) is 0 Å². The molecule has 2 aromatic carbocycles.